The minimum atomic E-state index is -0.980. The van der Waals surface area contributed by atoms with Gasteiger partial charge < -0.3 is 19.3 Å². The predicted octanol–water partition coefficient (Wildman–Crippen LogP) is 3.55. The van der Waals surface area contributed by atoms with Crippen LogP contribution in [0, 0.1) is 28.6 Å². The number of ether oxygens (including phenoxy) is 3. The zero-order valence-corrected chi connectivity index (χ0v) is 20.0. The SMILES string of the molecule is CC(=O)O[C@H]1C[C@@H]2CC[C@H]3[C@@H]4CC[C@H](OC(C)=O)[C@@]4(C)CC[C@]3(O)[C@@]2(C)[C@@H](OC(C)=O)C1. The lowest BCUT2D eigenvalue weighted by atomic mass is 9.42. The topological polar surface area (TPSA) is 99.1 Å². The van der Waals surface area contributed by atoms with Gasteiger partial charge in [-0.05, 0) is 62.7 Å². The van der Waals surface area contributed by atoms with Gasteiger partial charge in [0.05, 0.1) is 5.60 Å². The first-order chi connectivity index (χ1) is 14.9. The van der Waals surface area contributed by atoms with Crippen molar-refractivity contribution in [2.45, 2.75) is 110 Å². The molecule has 4 aliphatic carbocycles. The first-order valence-electron chi connectivity index (χ1n) is 12.2. The third kappa shape index (κ3) is 3.46. The third-order valence-corrected chi connectivity index (χ3v) is 9.72. The average molecular weight is 451 g/mol. The van der Waals surface area contributed by atoms with Crippen molar-refractivity contribution in [3.8, 4) is 0 Å². The van der Waals surface area contributed by atoms with Gasteiger partial charge in [0.2, 0.25) is 0 Å². The Morgan fingerprint density at radius 2 is 1.34 bits per heavy atom. The summed E-state index contributed by atoms with van der Waals surface area (Å²) in [7, 11) is 0. The maximum absolute atomic E-state index is 12.4. The van der Waals surface area contributed by atoms with Crippen LogP contribution in [-0.2, 0) is 28.6 Å². The lowest BCUT2D eigenvalue weighted by Crippen LogP contribution is -2.70. The van der Waals surface area contributed by atoms with Gasteiger partial charge in [0.25, 0.3) is 0 Å². The van der Waals surface area contributed by atoms with Crippen molar-refractivity contribution in [2.75, 3.05) is 0 Å². The maximum atomic E-state index is 12.4. The van der Waals surface area contributed by atoms with E-state index in [9.17, 15) is 19.5 Å². The van der Waals surface area contributed by atoms with Crippen LogP contribution in [0.5, 0.6) is 0 Å². The molecule has 1 N–H and O–H groups in total. The molecule has 4 fully saturated rings. The molecule has 0 amide bonds. The van der Waals surface area contributed by atoms with Crippen LogP contribution in [-0.4, -0.2) is 46.9 Å². The molecule has 0 radical (unpaired) electrons. The standard InChI is InChI=1S/C25H38O7/c1-14(26)30-18-12-17-6-7-20-19-8-9-21(31-15(2)27)23(19,4)10-11-25(20,29)24(17,5)22(13-18)32-16(3)28/h17-22,29H,6-13H2,1-5H3/t17-,18-,19-,20-,21-,22-,23-,24+,25+/m0/s1. The molecule has 0 aromatic carbocycles. The van der Waals surface area contributed by atoms with E-state index in [0.717, 1.165) is 32.1 Å². The number of rotatable bonds is 3. The Morgan fingerprint density at radius 1 is 0.750 bits per heavy atom. The maximum Gasteiger partial charge on any atom is 0.302 e. The van der Waals surface area contributed by atoms with E-state index in [-0.39, 0.29) is 53.3 Å². The predicted molar refractivity (Wildman–Crippen MR) is 115 cm³/mol. The fraction of sp³-hybridized carbons (Fsp3) is 0.880. The highest BCUT2D eigenvalue weighted by molar-refractivity contribution is 5.67. The van der Waals surface area contributed by atoms with Crippen molar-refractivity contribution in [1.82, 2.24) is 0 Å². The van der Waals surface area contributed by atoms with Crippen LogP contribution in [0.1, 0.15) is 86.0 Å². The first kappa shape index (κ1) is 23.5. The van der Waals surface area contributed by atoms with E-state index in [1.165, 1.54) is 20.8 Å². The minimum Gasteiger partial charge on any atom is -0.462 e. The van der Waals surface area contributed by atoms with E-state index in [2.05, 4.69) is 13.8 Å². The molecule has 9 atom stereocenters. The number of hydrogen-bond donors (Lipinski definition) is 1. The Hall–Kier alpha value is -1.63. The number of fused-ring (bicyclic) bond motifs is 5. The Labute approximate surface area is 190 Å². The van der Waals surface area contributed by atoms with Crippen LogP contribution in [0.25, 0.3) is 0 Å². The molecule has 0 heterocycles. The molecular formula is C25H38O7. The van der Waals surface area contributed by atoms with Gasteiger partial charge in [0.15, 0.2) is 0 Å². The molecule has 4 aliphatic rings. The molecule has 0 aromatic rings. The van der Waals surface area contributed by atoms with Crippen molar-refractivity contribution >= 4 is 17.9 Å². The zero-order valence-electron chi connectivity index (χ0n) is 20.0. The lowest BCUT2D eigenvalue weighted by molar-refractivity contribution is -0.277. The van der Waals surface area contributed by atoms with E-state index in [1.807, 2.05) is 0 Å². The molecule has 4 rings (SSSR count). The summed E-state index contributed by atoms with van der Waals surface area (Å²) in [5.41, 5.74) is -1.73. The summed E-state index contributed by atoms with van der Waals surface area (Å²) in [6.45, 7) is 8.57. The molecule has 0 unspecified atom stereocenters. The van der Waals surface area contributed by atoms with Crippen molar-refractivity contribution in [3.63, 3.8) is 0 Å². The monoisotopic (exact) mass is 450 g/mol. The Kier molecular flexibility index (Phi) is 5.88. The second-order valence-electron chi connectivity index (χ2n) is 11.2. The van der Waals surface area contributed by atoms with E-state index in [4.69, 9.17) is 14.2 Å². The van der Waals surface area contributed by atoms with E-state index in [1.54, 1.807) is 0 Å². The fourth-order valence-corrected chi connectivity index (χ4v) is 8.25. The fourth-order valence-electron chi connectivity index (χ4n) is 8.25. The first-order valence-corrected chi connectivity index (χ1v) is 12.2. The van der Waals surface area contributed by atoms with Crippen molar-refractivity contribution in [2.24, 2.45) is 28.6 Å². The summed E-state index contributed by atoms with van der Waals surface area (Å²) in [4.78, 5) is 35.4. The Balaban J connectivity index is 1.67. The van der Waals surface area contributed by atoms with Gasteiger partial charge in [0.1, 0.15) is 18.3 Å². The second-order valence-corrected chi connectivity index (χ2v) is 11.2. The highest BCUT2D eigenvalue weighted by Crippen LogP contribution is 2.68. The molecule has 0 aliphatic heterocycles. The minimum absolute atomic E-state index is 0.0615. The van der Waals surface area contributed by atoms with Crippen LogP contribution in [0.4, 0.5) is 0 Å². The van der Waals surface area contributed by atoms with E-state index in [0.29, 0.717) is 19.3 Å². The van der Waals surface area contributed by atoms with Gasteiger partial charge in [0, 0.05) is 38.0 Å². The number of aliphatic hydroxyl groups is 1. The van der Waals surface area contributed by atoms with Crippen LogP contribution in [0.2, 0.25) is 0 Å². The molecular weight excluding hydrogens is 412 g/mol. The summed E-state index contributed by atoms with van der Waals surface area (Å²) in [6, 6.07) is 0. The normalized spacial score (nSPS) is 47.4. The summed E-state index contributed by atoms with van der Waals surface area (Å²) in [5.74, 6) is -0.531. The largest absolute Gasteiger partial charge is 0.462 e. The van der Waals surface area contributed by atoms with Gasteiger partial charge >= 0.3 is 17.9 Å². The molecule has 32 heavy (non-hydrogen) atoms. The molecule has 180 valence electrons. The summed E-state index contributed by atoms with van der Waals surface area (Å²) in [5, 5.41) is 12.4. The number of esters is 3. The van der Waals surface area contributed by atoms with Gasteiger partial charge in [-0.3, -0.25) is 14.4 Å². The van der Waals surface area contributed by atoms with Gasteiger partial charge in [-0.15, -0.1) is 0 Å². The van der Waals surface area contributed by atoms with Crippen LogP contribution < -0.4 is 0 Å². The van der Waals surface area contributed by atoms with Gasteiger partial charge in [-0.25, -0.2) is 0 Å². The quantitative estimate of drug-likeness (QED) is 0.518. The molecule has 4 saturated carbocycles. The van der Waals surface area contributed by atoms with Crippen molar-refractivity contribution in [1.29, 1.82) is 0 Å². The summed E-state index contributed by atoms with van der Waals surface area (Å²) < 4.78 is 17.1. The molecule has 7 nitrogen and oxygen atoms in total. The molecule has 0 bridgehead atoms. The lowest BCUT2D eigenvalue weighted by Gasteiger charge is -2.66. The van der Waals surface area contributed by atoms with Crippen molar-refractivity contribution < 1.29 is 33.7 Å². The Morgan fingerprint density at radius 3 is 1.97 bits per heavy atom. The molecule has 0 saturated heterocycles. The molecule has 0 aromatic heterocycles. The highest BCUT2D eigenvalue weighted by Gasteiger charge is 2.70. The smallest absolute Gasteiger partial charge is 0.302 e. The van der Waals surface area contributed by atoms with Gasteiger partial charge in [-0.2, -0.15) is 0 Å². The van der Waals surface area contributed by atoms with E-state index < -0.39 is 17.1 Å². The number of carbonyl (C=O) groups is 3. The molecule has 0 spiro atoms. The third-order valence-electron chi connectivity index (χ3n) is 9.72. The van der Waals surface area contributed by atoms with Gasteiger partial charge in [-0.1, -0.05) is 13.8 Å². The van der Waals surface area contributed by atoms with Crippen LogP contribution in [0.15, 0.2) is 0 Å². The molecule has 7 heteroatoms. The zero-order chi connectivity index (χ0) is 23.5. The van der Waals surface area contributed by atoms with E-state index >= 15 is 0 Å². The highest BCUT2D eigenvalue weighted by atomic mass is 16.6. The second kappa shape index (κ2) is 8.00. The Bertz CT molecular complexity index is 795. The van der Waals surface area contributed by atoms with Crippen molar-refractivity contribution in [3.05, 3.63) is 0 Å². The van der Waals surface area contributed by atoms with Crippen LogP contribution in [0.3, 0.4) is 0 Å². The summed E-state index contributed by atoms with van der Waals surface area (Å²) in [6.07, 6.45) is 5.06. The summed E-state index contributed by atoms with van der Waals surface area (Å²) >= 11 is 0. The van der Waals surface area contributed by atoms with Crippen LogP contribution >= 0.6 is 0 Å². The number of hydrogen-bond acceptors (Lipinski definition) is 7. The number of carbonyl (C=O) groups excluding carboxylic acids is 3. The average Bonchev–Trinajstić information content (AvgIpc) is 2.99.